The Morgan fingerprint density at radius 1 is 0.965 bits per heavy atom. The van der Waals surface area contributed by atoms with Gasteiger partial charge in [0.05, 0.1) is 28.3 Å². The fraction of sp³-hybridized carbons (Fsp3) is 0.525. The van der Waals surface area contributed by atoms with Crippen LogP contribution >= 0.6 is 0 Å². The minimum absolute atomic E-state index is 0.0249. The van der Waals surface area contributed by atoms with Crippen molar-refractivity contribution in [3.05, 3.63) is 76.6 Å². The van der Waals surface area contributed by atoms with Crippen molar-refractivity contribution in [3.63, 3.8) is 0 Å². The SMILES string of the molecule is Cn1c(=O)n(C2CCC(=O)NC2=O)c2cccc(C3CC(CN4CCN(CC5CCC(n6cc(NC(=O)C(=CN)c7ncccn7)c(C(F)F)n6)CC5)CC4)C3)c21. The fourth-order valence-electron chi connectivity index (χ4n) is 9.37. The predicted molar refractivity (Wildman–Crippen MR) is 208 cm³/mol. The number of nitrogens with one attached hydrogen (secondary N) is 2. The van der Waals surface area contributed by atoms with Crippen molar-refractivity contribution in [1.29, 1.82) is 0 Å². The van der Waals surface area contributed by atoms with Crippen molar-refractivity contribution < 1.29 is 23.2 Å². The molecule has 1 unspecified atom stereocenters. The molecule has 2 saturated carbocycles. The number of piperidine rings is 1. The van der Waals surface area contributed by atoms with Crippen molar-refractivity contribution in [3.8, 4) is 0 Å². The lowest BCUT2D eigenvalue weighted by atomic mass is 9.71. The number of aryl methyl sites for hydroxylation is 1. The van der Waals surface area contributed by atoms with Gasteiger partial charge >= 0.3 is 5.69 Å². The lowest BCUT2D eigenvalue weighted by Crippen LogP contribution is -2.50. The summed E-state index contributed by atoms with van der Waals surface area (Å²) in [6.45, 7) is 6.14. The van der Waals surface area contributed by atoms with E-state index in [2.05, 4.69) is 41.6 Å². The van der Waals surface area contributed by atoms with Crippen LogP contribution in [0, 0.1) is 11.8 Å². The highest BCUT2D eigenvalue weighted by atomic mass is 19.3. The highest BCUT2D eigenvalue weighted by Crippen LogP contribution is 2.44. The van der Waals surface area contributed by atoms with Gasteiger partial charge in [0.25, 0.3) is 12.3 Å². The van der Waals surface area contributed by atoms with Crippen molar-refractivity contribution in [2.75, 3.05) is 44.6 Å². The van der Waals surface area contributed by atoms with E-state index in [-0.39, 0.29) is 41.1 Å². The summed E-state index contributed by atoms with van der Waals surface area (Å²) in [5.41, 5.74) is 7.65. The molecule has 0 radical (unpaired) electrons. The van der Waals surface area contributed by atoms with Gasteiger partial charge in [0.2, 0.25) is 11.8 Å². The van der Waals surface area contributed by atoms with Gasteiger partial charge in [-0.2, -0.15) is 5.10 Å². The molecule has 4 N–H and O–H groups in total. The minimum Gasteiger partial charge on any atom is -0.404 e. The minimum atomic E-state index is -2.86. The molecule has 2 saturated heterocycles. The zero-order chi connectivity index (χ0) is 39.8. The Morgan fingerprint density at radius 2 is 1.65 bits per heavy atom. The van der Waals surface area contributed by atoms with Crippen LogP contribution in [0.4, 0.5) is 14.5 Å². The first kappa shape index (κ1) is 38.6. The number of fused-ring (bicyclic) bond motifs is 1. The number of nitrogens with zero attached hydrogens (tertiary/aromatic N) is 8. The number of anilines is 1. The summed E-state index contributed by atoms with van der Waals surface area (Å²) in [4.78, 5) is 63.9. The number of aromatic nitrogens is 6. The zero-order valence-corrected chi connectivity index (χ0v) is 32.0. The number of alkyl halides is 2. The zero-order valence-electron chi connectivity index (χ0n) is 32.0. The van der Waals surface area contributed by atoms with Gasteiger partial charge in [-0.15, -0.1) is 0 Å². The van der Waals surface area contributed by atoms with Crippen LogP contribution in [0.2, 0.25) is 0 Å². The molecule has 5 heterocycles. The number of hydrogen-bond donors (Lipinski definition) is 3. The topological polar surface area (TPSA) is 178 Å². The van der Waals surface area contributed by atoms with Crippen LogP contribution in [-0.4, -0.2) is 95.7 Å². The molecule has 17 heteroatoms. The number of para-hydroxylation sites is 1. The molecule has 15 nitrogen and oxygen atoms in total. The Bertz CT molecular complexity index is 2210. The van der Waals surface area contributed by atoms with Gasteiger partial charge < -0.3 is 20.9 Å². The fourth-order valence-corrected chi connectivity index (χ4v) is 9.37. The molecule has 4 aliphatic rings. The highest BCUT2D eigenvalue weighted by molar-refractivity contribution is 6.24. The normalized spacial score (nSPS) is 25.1. The smallest absolute Gasteiger partial charge is 0.329 e. The molecule has 57 heavy (non-hydrogen) atoms. The Kier molecular flexibility index (Phi) is 11.0. The van der Waals surface area contributed by atoms with Crippen LogP contribution in [0.5, 0.6) is 0 Å². The number of halogens is 2. The number of carbonyl (C=O) groups is 3. The molecule has 3 aromatic heterocycles. The van der Waals surface area contributed by atoms with Gasteiger partial charge in [-0.3, -0.25) is 33.5 Å². The molecular formula is C40H49F2N11O4. The van der Waals surface area contributed by atoms with Crippen LogP contribution in [0.1, 0.15) is 92.9 Å². The summed E-state index contributed by atoms with van der Waals surface area (Å²) >= 11 is 0. The summed E-state index contributed by atoms with van der Waals surface area (Å²) in [5.74, 6) is 0.148. The maximum absolute atomic E-state index is 14.0. The predicted octanol–water partition coefficient (Wildman–Crippen LogP) is 3.72. The first-order chi connectivity index (χ1) is 27.6. The number of amides is 3. The molecule has 2 aliphatic carbocycles. The second-order valence-electron chi connectivity index (χ2n) is 16.0. The highest BCUT2D eigenvalue weighted by Gasteiger charge is 2.37. The number of carbonyl (C=O) groups excluding carboxylic acids is 3. The van der Waals surface area contributed by atoms with Gasteiger partial charge in [0.1, 0.15) is 6.04 Å². The number of benzene rings is 1. The van der Waals surface area contributed by atoms with Crippen LogP contribution in [0.25, 0.3) is 16.6 Å². The van der Waals surface area contributed by atoms with E-state index in [9.17, 15) is 28.0 Å². The molecule has 302 valence electrons. The molecule has 0 bridgehead atoms. The molecular weight excluding hydrogens is 737 g/mol. The molecule has 3 amide bonds. The van der Waals surface area contributed by atoms with Crippen molar-refractivity contribution in [1.82, 2.24) is 44.0 Å². The third-order valence-electron chi connectivity index (χ3n) is 12.5. The molecule has 8 rings (SSSR count). The number of rotatable bonds is 11. The molecule has 4 fully saturated rings. The second kappa shape index (κ2) is 16.3. The first-order valence-electron chi connectivity index (χ1n) is 19.9. The Hall–Kier alpha value is -5.29. The van der Waals surface area contributed by atoms with Gasteiger partial charge in [-0.05, 0) is 80.4 Å². The monoisotopic (exact) mass is 785 g/mol. The average Bonchev–Trinajstić information content (AvgIpc) is 3.73. The van der Waals surface area contributed by atoms with Gasteiger partial charge in [-0.25, -0.2) is 23.5 Å². The van der Waals surface area contributed by atoms with E-state index in [0.717, 1.165) is 101 Å². The first-order valence-corrected chi connectivity index (χ1v) is 19.9. The summed E-state index contributed by atoms with van der Waals surface area (Å²) < 4.78 is 32.8. The lowest BCUT2D eigenvalue weighted by Gasteiger charge is -2.42. The molecule has 1 aromatic carbocycles. The van der Waals surface area contributed by atoms with E-state index in [0.29, 0.717) is 24.2 Å². The third kappa shape index (κ3) is 7.86. The standard InChI is InChI=1S/C40H49F2N11O4/c1-49-35-28(4-2-5-31(35)53(40(49)57)32-10-11-33(54)47-39(32)56)26-18-25(19-26)22-51-16-14-50(15-17-51)21-24-6-8-27(9-7-24)52-23-30(34(48-52)36(41)42)46-38(55)29(20-43)37-44-12-3-13-45-37/h2-5,12-13,20,23-27,32,36H,6-11,14-19,21-22,43H2,1H3,(H,46,55)(H,47,54,56). The van der Waals surface area contributed by atoms with E-state index in [4.69, 9.17) is 5.73 Å². The lowest BCUT2D eigenvalue weighted by molar-refractivity contribution is -0.135. The van der Waals surface area contributed by atoms with Crippen molar-refractivity contribution >= 4 is 40.0 Å². The number of hydrogen-bond acceptors (Lipinski definition) is 10. The molecule has 4 aromatic rings. The van der Waals surface area contributed by atoms with E-state index < -0.39 is 30.0 Å². The van der Waals surface area contributed by atoms with Gasteiger partial charge in [-0.1, -0.05) is 12.1 Å². The summed E-state index contributed by atoms with van der Waals surface area (Å²) in [7, 11) is 1.77. The number of nitrogens with two attached hydrogens (primary N) is 1. The summed E-state index contributed by atoms with van der Waals surface area (Å²) in [6.07, 6.45) is 8.86. The van der Waals surface area contributed by atoms with E-state index >= 15 is 0 Å². The van der Waals surface area contributed by atoms with E-state index in [1.54, 1.807) is 26.9 Å². The summed E-state index contributed by atoms with van der Waals surface area (Å²) in [6, 6.07) is 6.85. The van der Waals surface area contributed by atoms with Crippen LogP contribution in [-0.2, 0) is 21.4 Å². The molecule has 2 aliphatic heterocycles. The summed E-state index contributed by atoms with van der Waals surface area (Å²) in [5, 5.41) is 9.15. The van der Waals surface area contributed by atoms with E-state index in [1.165, 1.54) is 18.6 Å². The Morgan fingerprint density at radius 3 is 2.30 bits per heavy atom. The van der Waals surface area contributed by atoms with Crippen molar-refractivity contribution in [2.45, 2.75) is 75.8 Å². The maximum Gasteiger partial charge on any atom is 0.329 e. The number of imide groups is 1. The molecule has 1 atom stereocenters. The van der Waals surface area contributed by atoms with Crippen LogP contribution in [0.15, 0.2) is 53.9 Å². The average molecular weight is 786 g/mol. The Balaban J connectivity index is 0.796. The quantitative estimate of drug-likeness (QED) is 0.150. The van der Waals surface area contributed by atoms with E-state index in [1.807, 2.05) is 12.1 Å². The maximum atomic E-state index is 14.0. The molecule has 0 spiro atoms. The largest absolute Gasteiger partial charge is 0.404 e. The van der Waals surface area contributed by atoms with Crippen molar-refractivity contribution in [2.24, 2.45) is 24.6 Å². The Labute approximate surface area is 328 Å². The number of imidazole rings is 1. The van der Waals surface area contributed by atoms with Gasteiger partial charge in [0.15, 0.2) is 11.5 Å². The van der Waals surface area contributed by atoms with Crippen LogP contribution in [0.3, 0.4) is 0 Å². The third-order valence-corrected chi connectivity index (χ3v) is 12.5. The second-order valence-corrected chi connectivity index (χ2v) is 16.0. The van der Waals surface area contributed by atoms with Gasteiger partial charge in [0, 0.05) is 77.5 Å². The number of piperazine rings is 1. The van der Waals surface area contributed by atoms with Crippen LogP contribution < -0.4 is 22.1 Å².